The van der Waals surface area contributed by atoms with E-state index in [1.54, 1.807) is 23.7 Å². The molecule has 0 atom stereocenters. The van der Waals surface area contributed by atoms with Gasteiger partial charge in [-0.2, -0.15) is 0 Å². The number of nitrogens with zero attached hydrogens (tertiary/aromatic N) is 4. The van der Waals surface area contributed by atoms with Crippen LogP contribution < -0.4 is 11.2 Å². The zero-order valence-corrected chi connectivity index (χ0v) is 16.0. The number of aryl methyl sites for hydroxylation is 3. The maximum absolute atomic E-state index is 12.5. The first-order valence-electron chi connectivity index (χ1n) is 8.24. The summed E-state index contributed by atoms with van der Waals surface area (Å²) < 4.78 is 4.18. The minimum absolute atomic E-state index is 0.00787. The number of hydrogen-bond acceptors (Lipinski definition) is 5. The van der Waals surface area contributed by atoms with Crippen LogP contribution in [-0.4, -0.2) is 30.2 Å². The molecule has 0 radical (unpaired) electrons. The van der Waals surface area contributed by atoms with Crippen molar-refractivity contribution in [3.8, 4) is 0 Å². The van der Waals surface area contributed by atoms with E-state index in [2.05, 4.69) is 4.98 Å². The van der Waals surface area contributed by atoms with E-state index in [0.29, 0.717) is 28.4 Å². The van der Waals surface area contributed by atoms with Crippen LogP contribution in [0.15, 0.2) is 39.0 Å². The second kappa shape index (κ2) is 6.95. The molecule has 3 aromatic rings. The van der Waals surface area contributed by atoms with Gasteiger partial charge in [0.1, 0.15) is 0 Å². The number of aromatic nitrogens is 4. The summed E-state index contributed by atoms with van der Waals surface area (Å²) in [5, 5.41) is 0.557. The van der Waals surface area contributed by atoms with Crippen LogP contribution in [0, 0.1) is 6.92 Å². The van der Waals surface area contributed by atoms with Crippen LogP contribution in [0.4, 0.5) is 0 Å². The van der Waals surface area contributed by atoms with Crippen molar-refractivity contribution in [1.82, 2.24) is 18.7 Å². The van der Waals surface area contributed by atoms with E-state index < -0.39 is 5.69 Å². The third kappa shape index (κ3) is 3.01. The van der Waals surface area contributed by atoms with Crippen molar-refractivity contribution in [2.45, 2.75) is 25.5 Å². The van der Waals surface area contributed by atoms with Gasteiger partial charge >= 0.3 is 5.69 Å². The molecular weight excluding hydrogens is 352 g/mol. The van der Waals surface area contributed by atoms with Crippen molar-refractivity contribution in [2.75, 3.05) is 5.75 Å². The molecule has 136 valence electrons. The third-order valence-electron chi connectivity index (χ3n) is 4.34. The Morgan fingerprint density at radius 2 is 1.77 bits per heavy atom. The van der Waals surface area contributed by atoms with Gasteiger partial charge in [-0.15, -0.1) is 0 Å². The molecule has 0 fully saturated rings. The largest absolute Gasteiger partial charge is 0.332 e. The Hall–Kier alpha value is -2.61. The van der Waals surface area contributed by atoms with Gasteiger partial charge in [-0.05, 0) is 13.8 Å². The van der Waals surface area contributed by atoms with E-state index in [4.69, 9.17) is 0 Å². The number of carbonyl (C=O) groups excluding carboxylic acids is 1. The first-order chi connectivity index (χ1) is 12.3. The summed E-state index contributed by atoms with van der Waals surface area (Å²) in [4.78, 5) is 41.5. The van der Waals surface area contributed by atoms with Crippen molar-refractivity contribution in [3.63, 3.8) is 0 Å². The quantitative estimate of drug-likeness (QED) is 0.503. The van der Waals surface area contributed by atoms with Gasteiger partial charge in [0, 0.05) is 26.2 Å². The van der Waals surface area contributed by atoms with Crippen molar-refractivity contribution in [1.29, 1.82) is 0 Å². The van der Waals surface area contributed by atoms with Gasteiger partial charge < -0.3 is 4.57 Å². The SMILES string of the molecule is CCn1c(SCC(=O)c2ccc(C)cc2)nc2c1c(=O)n(C)c(=O)n2C. The lowest BCUT2D eigenvalue weighted by atomic mass is 10.1. The molecule has 0 N–H and O–H groups in total. The Morgan fingerprint density at radius 1 is 1.12 bits per heavy atom. The monoisotopic (exact) mass is 372 g/mol. The standard InChI is InChI=1S/C18H20N4O3S/c1-5-22-14-15(20(3)18(25)21(4)16(14)24)19-17(22)26-10-13(23)12-8-6-11(2)7-9-12/h6-9H,5,10H2,1-4H3. The fourth-order valence-corrected chi connectivity index (χ4v) is 3.74. The van der Waals surface area contributed by atoms with Gasteiger partial charge in [0.15, 0.2) is 22.1 Å². The van der Waals surface area contributed by atoms with E-state index in [1.807, 2.05) is 26.0 Å². The predicted molar refractivity (Wildman–Crippen MR) is 102 cm³/mol. The van der Waals surface area contributed by atoms with Gasteiger partial charge in [-0.1, -0.05) is 41.6 Å². The highest BCUT2D eigenvalue weighted by Crippen LogP contribution is 2.22. The van der Waals surface area contributed by atoms with E-state index in [-0.39, 0.29) is 17.1 Å². The fraction of sp³-hybridized carbons (Fsp3) is 0.333. The van der Waals surface area contributed by atoms with Crippen molar-refractivity contribution in [3.05, 3.63) is 56.2 Å². The number of Topliss-reactive ketones (excluding diaryl/α,β-unsaturated/α-hetero) is 1. The summed E-state index contributed by atoms with van der Waals surface area (Å²) in [6, 6.07) is 7.41. The van der Waals surface area contributed by atoms with Crippen molar-refractivity contribution < 1.29 is 4.79 Å². The summed E-state index contributed by atoms with van der Waals surface area (Å²) in [5.41, 5.74) is 1.65. The first kappa shape index (κ1) is 18.2. The number of ketones is 1. The number of rotatable bonds is 5. The lowest BCUT2D eigenvalue weighted by Crippen LogP contribution is -2.37. The lowest BCUT2D eigenvalue weighted by molar-refractivity contribution is 0.102. The molecule has 0 amide bonds. The van der Waals surface area contributed by atoms with Crippen LogP contribution in [0.3, 0.4) is 0 Å². The molecule has 2 aromatic heterocycles. The number of benzene rings is 1. The zero-order valence-electron chi connectivity index (χ0n) is 15.1. The molecule has 0 saturated heterocycles. The molecule has 8 heteroatoms. The number of hydrogen-bond donors (Lipinski definition) is 0. The summed E-state index contributed by atoms with van der Waals surface area (Å²) in [6.07, 6.45) is 0. The summed E-state index contributed by atoms with van der Waals surface area (Å²) in [5.74, 6) is 0.201. The minimum Gasteiger partial charge on any atom is -0.313 e. The van der Waals surface area contributed by atoms with Crippen molar-refractivity contribution >= 4 is 28.7 Å². The molecule has 7 nitrogen and oxygen atoms in total. The number of carbonyl (C=O) groups is 1. The number of thioether (sulfide) groups is 1. The second-order valence-corrected chi connectivity index (χ2v) is 7.04. The highest BCUT2D eigenvalue weighted by Gasteiger charge is 2.19. The molecule has 0 bridgehead atoms. The van der Waals surface area contributed by atoms with Crippen LogP contribution in [0.5, 0.6) is 0 Å². The van der Waals surface area contributed by atoms with Crippen LogP contribution in [-0.2, 0) is 20.6 Å². The Bertz CT molecular complexity index is 1110. The molecule has 2 heterocycles. The van der Waals surface area contributed by atoms with Gasteiger partial charge in [0.25, 0.3) is 5.56 Å². The molecule has 0 saturated carbocycles. The number of fused-ring (bicyclic) bond motifs is 1. The first-order valence-corrected chi connectivity index (χ1v) is 9.22. The number of imidazole rings is 1. The highest BCUT2D eigenvalue weighted by molar-refractivity contribution is 7.99. The Balaban J connectivity index is 1.98. The van der Waals surface area contributed by atoms with E-state index in [1.165, 1.54) is 23.4 Å². The van der Waals surface area contributed by atoms with Crippen LogP contribution in [0.1, 0.15) is 22.8 Å². The third-order valence-corrected chi connectivity index (χ3v) is 5.31. The lowest BCUT2D eigenvalue weighted by Gasteiger charge is -2.06. The normalized spacial score (nSPS) is 11.2. The predicted octanol–water partition coefficient (Wildman–Crippen LogP) is 1.74. The van der Waals surface area contributed by atoms with Crippen LogP contribution in [0.2, 0.25) is 0 Å². The zero-order chi connectivity index (χ0) is 19.0. The minimum atomic E-state index is -0.421. The average Bonchev–Trinajstić information content (AvgIpc) is 3.02. The van der Waals surface area contributed by atoms with E-state index >= 15 is 0 Å². The molecule has 0 spiro atoms. The summed E-state index contributed by atoms with van der Waals surface area (Å²) in [6.45, 7) is 4.39. The molecule has 0 aliphatic rings. The summed E-state index contributed by atoms with van der Waals surface area (Å²) >= 11 is 1.27. The smallest absolute Gasteiger partial charge is 0.313 e. The molecule has 1 aromatic carbocycles. The molecular formula is C18H20N4O3S. The van der Waals surface area contributed by atoms with Crippen LogP contribution >= 0.6 is 11.8 Å². The van der Waals surface area contributed by atoms with E-state index in [0.717, 1.165) is 10.1 Å². The van der Waals surface area contributed by atoms with Gasteiger partial charge in [-0.3, -0.25) is 18.7 Å². The molecule has 0 unspecified atom stereocenters. The molecule has 26 heavy (non-hydrogen) atoms. The Labute approximate surface area is 154 Å². The van der Waals surface area contributed by atoms with Gasteiger partial charge in [-0.25, -0.2) is 9.78 Å². The maximum atomic E-state index is 12.5. The van der Waals surface area contributed by atoms with Gasteiger partial charge in [0.05, 0.1) is 5.75 Å². The molecule has 0 aliphatic carbocycles. The molecule has 3 rings (SSSR count). The molecule has 0 aliphatic heterocycles. The highest BCUT2D eigenvalue weighted by atomic mass is 32.2. The van der Waals surface area contributed by atoms with Crippen molar-refractivity contribution in [2.24, 2.45) is 14.1 Å². The average molecular weight is 372 g/mol. The van der Waals surface area contributed by atoms with E-state index in [9.17, 15) is 14.4 Å². The van der Waals surface area contributed by atoms with Crippen LogP contribution in [0.25, 0.3) is 11.2 Å². The Kier molecular flexibility index (Phi) is 4.86. The Morgan fingerprint density at radius 3 is 2.38 bits per heavy atom. The summed E-state index contributed by atoms with van der Waals surface area (Å²) in [7, 11) is 3.04. The topological polar surface area (TPSA) is 78.9 Å². The second-order valence-electron chi connectivity index (χ2n) is 6.09. The fourth-order valence-electron chi connectivity index (χ4n) is 2.78. The maximum Gasteiger partial charge on any atom is 0.332 e. The van der Waals surface area contributed by atoms with Gasteiger partial charge in [0.2, 0.25) is 0 Å².